The molecule has 0 aliphatic rings. The average molecular weight is 254 g/mol. The van der Waals surface area contributed by atoms with Crippen LogP contribution in [0.4, 0.5) is 0 Å². The topological polar surface area (TPSA) is 46.5 Å². The number of carbonyl (C=O) groups is 1. The molecule has 0 atom stereocenters. The fourth-order valence-electron chi connectivity index (χ4n) is 1.89. The molecule has 0 saturated carbocycles. The second kappa shape index (κ2) is 5.45. The largest absolute Gasteiger partial charge is 0.495 e. The highest BCUT2D eigenvalue weighted by Crippen LogP contribution is 2.39. The molecule has 0 radical (unpaired) electrons. The first-order chi connectivity index (χ1) is 7.92. The first-order valence-corrected chi connectivity index (χ1v) is 6.58. The number of rotatable bonds is 5. The number of carboxylic acids is 1. The summed E-state index contributed by atoms with van der Waals surface area (Å²) in [5.41, 5.74) is 0.498. The van der Waals surface area contributed by atoms with Crippen LogP contribution in [0.1, 0.15) is 25.8 Å². The lowest BCUT2D eigenvalue weighted by Crippen LogP contribution is -2.22. The number of methoxy groups -OCH3 is 1. The van der Waals surface area contributed by atoms with Gasteiger partial charge < -0.3 is 9.84 Å². The van der Waals surface area contributed by atoms with Crippen molar-refractivity contribution in [2.75, 3.05) is 13.4 Å². The van der Waals surface area contributed by atoms with Crippen LogP contribution in [0, 0.1) is 0 Å². The fraction of sp³-hybridized carbons (Fsp3) is 0.462. The summed E-state index contributed by atoms with van der Waals surface area (Å²) in [5, 5.41) is 8.95. The summed E-state index contributed by atoms with van der Waals surface area (Å²) in [5.74, 6) is -0.0159. The van der Waals surface area contributed by atoms with E-state index in [1.807, 2.05) is 38.3 Å². The molecule has 0 fully saturated rings. The summed E-state index contributed by atoms with van der Waals surface area (Å²) in [7, 11) is 1.62. The Labute approximate surface area is 106 Å². The Morgan fingerprint density at radius 1 is 1.47 bits per heavy atom. The van der Waals surface area contributed by atoms with E-state index in [-0.39, 0.29) is 6.42 Å². The maximum absolute atomic E-state index is 10.9. The Morgan fingerprint density at radius 2 is 2.12 bits per heavy atom. The molecule has 17 heavy (non-hydrogen) atoms. The van der Waals surface area contributed by atoms with Gasteiger partial charge in [0.2, 0.25) is 0 Å². The van der Waals surface area contributed by atoms with Crippen molar-refractivity contribution < 1.29 is 14.6 Å². The van der Waals surface area contributed by atoms with E-state index in [4.69, 9.17) is 9.84 Å². The van der Waals surface area contributed by atoms with Gasteiger partial charge in [-0.2, -0.15) is 0 Å². The predicted octanol–water partition coefficient (Wildman–Crippen LogP) is 3.17. The van der Waals surface area contributed by atoms with Gasteiger partial charge in [-0.15, -0.1) is 11.8 Å². The van der Waals surface area contributed by atoms with E-state index in [0.29, 0.717) is 0 Å². The first-order valence-electron chi connectivity index (χ1n) is 5.35. The number of para-hydroxylation sites is 1. The monoisotopic (exact) mass is 254 g/mol. The Hall–Kier alpha value is -1.16. The smallest absolute Gasteiger partial charge is 0.304 e. The van der Waals surface area contributed by atoms with Gasteiger partial charge in [0, 0.05) is 15.9 Å². The summed E-state index contributed by atoms with van der Waals surface area (Å²) in [6, 6.07) is 5.85. The van der Waals surface area contributed by atoms with Gasteiger partial charge in [0.1, 0.15) is 5.75 Å². The minimum Gasteiger partial charge on any atom is -0.495 e. The molecule has 1 aromatic rings. The van der Waals surface area contributed by atoms with Crippen molar-refractivity contribution in [1.82, 2.24) is 0 Å². The van der Waals surface area contributed by atoms with Crippen molar-refractivity contribution in [3.63, 3.8) is 0 Å². The number of thioether (sulfide) groups is 1. The number of hydrogen-bond acceptors (Lipinski definition) is 3. The molecule has 0 aliphatic carbocycles. The molecule has 1 N–H and O–H groups in total. The van der Waals surface area contributed by atoms with Gasteiger partial charge in [0.05, 0.1) is 13.5 Å². The van der Waals surface area contributed by atoms with Gasteiger partial charge in [-0.1, -0.05) is 26.0 Å². The van der Waals surface area contributed by atoms with Gasteiger partial charge in [-0.3, -0.25) is 4.79 Å². The SMILES string of the molecule is COc1c(SC)cccc1C(C)(C)CC(=O)O. The van der Waals surface area contributed by atoms with E-state index >= 15 is 0 Å². The highest BCUT2D eigenvalue weighted by Gasteiger charge is 2.28. The van der Waals surface area contributed by atoms with Crippen LogP contribution in [0.2, 0.25) is 0 Å². The maximum Gasteiger partial charge on any atom is 0.304 e. The van der Waals surface area contributed by atoms with Crippen LogP contribution in [-0.4, -0.2) is 24.4 Å². The molecule has 1 aromatic carbocycles. The van der Waals surface area contributed by atoms with Gasteiger partial charge in [-0.05, 0) is 12.3 Å². The molecule has 1 rings (SSSR count). The average Bonchev–Trinajstić information content (AvgIpc) is 2.26. The van der Waals surface area contributed by atoms with Crippen LogP contribution in [0.25, 0.3) is 0 Å². The highest BCUT2D eigenvalue weighted by molar-refractivity contribution is 7.98. The van der Waals surface area contributed by atoms with Crippen molar-refractivity contribution in [2.45, 2.75) is 30.6 Å². The van der Waals surface area contributed by atoms with Crippen LogP contribution in [-0.2, 0) is 10.2 Å². The summed E-state index contributed by atoms with van der Waals surface area (Å²) in [6.07, 6.45) is 2.06. The van der Waals surface area contributed by atoms with E-state index in [0.717, 1.165) is 16.2 Å². The Kier molecular flexibility index (Phi) is 4.46. The molecule has 0 unspecified atom stereocenters. The Balaban J connectivity index is 3.25. The van der Waals surface area contributed by atoms with Crippen molar-refractivity contribution in [3.05, 3.63) is 23.8 Å². The Bertz CT molecular complexity index is 413. The fourth-order valence-corrected chi connectivity index (χ4v) is 2.49. The predicted molar refractivity (Wildman–Crippen MR) is 70.1 cm³/mol. The number of aliphatic carboxylic acids is 1. The summed E-state index contributed by atoms with van der Waals surface area (Å²) in [4.78, 5) is 11.9. The van der Waals surface area contributed by atoms with Crippen molar-refractivity contribution in [1.29, 1.82) is 0 Å². The summed E-state index contributed by atoms with van der Waals surface area (Å²) >= 11 is 1.60. The quantitative estimate of drug-likeness (QED) is 0.820. The normalized spacial score (nSPS) is 11.3. The molecule has 94 valence electrons. The molecule has 0 amide bonds. The lowest BCUT2D eigenvalue weighted by atomic mass is 9.81. The molecule has 0 aromatic heterocycles. The third kappa shape index (κ3) is 3.16. The van der Waals surface area contributed by atoms with Crippen LogP contribution in [0.15, 0.2) is 23.1 Å². The van der Waals surface area contributed by atoms with E-state index in [9.17, 15) is 4.79 Å². The van der Waals surface area contributed by atoms with Crippen LogP contribution in [0.5, 0.6) is 5.75 Å². The standard InChI is InChI=1S/C13H18O3S/c1-13(2,8-11(14)15)9-6-5-7-10(17-4)12(9)16-3/h5-7H,8H2,1-4H3,(H,14,15). The summed E-state index contributed by atoms with van der Waals surface area (Å²) < 4.78 is 5.42. The zero-order valence-corrected chi connectivity index (χ0v) is 11.4. The van der Waals surface area contributed by atoms with E-state index in [2.05, 4.69) is 0 Å². The minimum absolute atomic E-state index is 0.0845. The van der Waals surface area contributed by atoms with Gasteiger partial charge in [0.15, 0.2) is 0 Å². The number of ether oxygens (including phenoxy) is 1. The van der Waals surface area contributed by atoms with E-state index < -0.39 is 11.4 Å². The lowest BCUT2D eigenvalue weighted by molar-refractivity contribution is -0.138. The molecule has 0 heterocycles. The third-order valence-electron chi connectivity index (χ3n) is 2.73. The molecule has 4 heteroatoms. The second-order valence-corrected chi connectivity index (χ2v) is 5.34. The van der Waals surface area contributed by atoms with Gasteiger partial charge in [0.25, 0.3) is 0 Å². The van der Waals surface area contributed by atoms with E-state index in [1.54, 1.807) is 18.9 Å². The number of carboxylic acid groups (broad SMARTS) is 1. The molecule has 0 spiro atoms. The number of hydrogen-bond donors (Lipinski definition) is 1. The maximum atomic E-state index is 10.9. The highest BCUT2D eigenvalue weighted by atomic mass is 32.2. The molecule has 3 nitrogen and oxygen atoms in total. The van der Waals surface area contributed by atoms with Crippen molar-refractivity contribution in [3.8, 4) is 5.75 Å². The zero-order chi connectivity index (χ0) is 13.1. The zero-order valence-electron chi connectivity index (χ0n) is 10.6. The first kappa shape index (κ1) is 13.9. The third-order valence-corrected chi connectivity index (χ3v) is 3.49. The van der Waals surface area contributed by atoms with Crippen molar-refractivity contribution >= 4 is 17.7 Å². The lowest BCUT2D eigenvalue weighted by Gasteiger charge is -2.26. The minimum atomic E-state index is -0.799. The second-order valence-electron chi connectivity index (χ2n) is 4.50. The van der Waals surface area contributed by atoms with Gasteiger partial charge >= 0.3 is 5.97 Å². The molecule has 0 aliphatic heterocycles. The molecule has 0 bridgehead atoms. The van der Waals surface area contributed by atoms with Gasteiger partial charge in [-0.25, -0.2) is 0 Å². The van der Waals surface area contributed by atoms with Crippen LogP contribution in [0.3, 0.4) is 0 Å². The molecular formula is C13H18O3S. The summed E-state index contributed by atoms with van der Waals surface area (Å²) in [6.45, 7) is 3.84. The van der Waals surface area contributed by atoms with Crippen LogP contribution >= 0.6 is 11.8 Å². The number of benzene rings is 1. The molecule has 0 saturated heterocycles. The van der Waals surface area contributed by atoms with Crippen molar-refractivity contribution in [2.24, 2.45) is 0 Å². The Morgan fingerprint density at radius 3 is 2.59 bits per heavy atom. The molecular weight excluding hydrogens is 236 g/mol. The van der Waals surface area contributed by atoms with E-state index in [1.165, 1.54) is 0 Å². The van der Waals surface area contributed by atoms with Crippen LogP contribution < -0.4 is 4.74 Å².